The molecule has 1 saturated heterocycles. The van der Waals surface area contributed by atoms with Crippen LogP contribution in [0.4, 0.5) is 5.69 Å². The number of amides is 1. The highest BCUT2D eigenvalue weighted by molar-refractivity contribution is 9.11. The summed E-state index contributed by atoms with van der Waals surface area (Å²) in [6.07, 6.45) is 1.77. The van der Waals surface area contributed by atoms with E-state index in [0.29, 0.717) is 49.7 Å². The van der Waals surface area contributed by atoms with Gasteiger partial charge in [0.25, 0.3) is 5.91 Å². The van der Waals surface area contributed by atoms with E-state index < -0.39 is 0 Å². The maximum Gasteiger partial charge on any atom is 0.270 e. The monoisotopic (exact) mass is 695 g/mol. The molecule has 0 aromatic heterocycles. The van der Waals surface area contributed by atoms with Crippen molar-refractivity contribution < 1.29 is 9.53 Å². The Morgan fingerprint density at radius 1 is 0.941 bits per heavy atom. The Labute approximate surface area is 242 Å². The van der Waals surface area contributed by atoms with E-state index in [1.165, 1.54) is 16.7 Å². The van der Waals surface area contributed by atoms with E-state index in [2.05, 4.69) is 31.9 Å². The molecule has 3 nitrogen and oxygen atoms in total. The third-order valence-corrected chi connectivity index (χ3v) is 8.47. The predicted molar refractivity (Wildman–Crippen MR) is 155 cm³/mol. The van der Waals surface area contributed by atoms with E-state index in [1.807, 2.05) is 18.2 Å². The highest BCUT2D eigenvalue weighted by atomic mass is 79.9. The number of hydrogen-bond acceptors (Lipinski definition) is 4. The summed E-state index contributed by atoms with van der Waals surface area (Å²) in [5.74, 6) is 0.366. The van der Waals surface area contributed by atoms with Gasteiger partial charge in [-0.15, -0.1) is 0 Å². The lowest BCUT2D eigenvalue weighted by Gasteiger charge is -2.15. The zero-order valence-corrected chi connectivity index (χ0v) is 24.6. The van der Waals surface area contributed by atoms with Gasteiger partial charge in [0.15, 0.2) is 4.32 Å². The normalized spacial score (nSPS) is 14.9. The molecule has 174 valence electrons. The zero-order chi connectivity index (χ0) is 24.6. The lowest BCUT2D eigenvalue weighted by Crippen LogP contribution is -2.27. The molecule has 0 aliphatic carbocycles. The van der Waals surface area contributed by atoms with E-state index in [9.17, 15) is 4.79 Å². The van der Waals surface area contributed by atoms with Crippen LogP contribution < -0.4 is 9.64 Å². The number of nitrogens with zero attached hydrogens (tertiary/aromatic N) is 1. The first-order valence-corrected chi connectivity index (χ1v) is 13.7. The number of carbonyl (C=O) groups is 1. The molecule has 0 bridgehead atoms. The third-order valence-electron chi connectivity index (χ3n) is 4.66. The van der Waals surface area contributed by atoms with Crippen LogP contribution >= 0.6 is 102 Å². The average Bonchev–Trinajstić information content (AvgIpc) is 3.03. The highest BCUT2D eigenvalue weighted by Gasteiger charge is 2.33. The fourth-order valence-electron chi connectivity index (χ4n) is 3.06. The maximum atomic E-state index is 13.1. The summed E-state index contributed by atoms with van der Waals surface area (Å²) >= 11 is 38.0. The lowest BCUT2D eigenvalue weighted by molar-refractivity contribution is -0.113. The molecule has 0 spiro atoms. The van der Waals surface area contributed by atoms with Crippen LogP contribution in [-0.4, -0.2) is 10.2 Å². The van der Waals surface area contributed by atoms with Crippen molar-refractivity contribution in [2.24, 2.45) is 0 Å². The topological polar surface area (TPSA) is 29.5 Å². The number of carbonyl (C=O) groups excluding carboxylic acids is 1. The summed E-state index contributed by atoms with van der Waals surface area (Å²) in [7, 11) is 0. The van der Waals surface area contributed by atoms with Crippen molar-refractivity contribution in [2.75, 3.05) is 4.90 Å². The number of benzene rings is 3. The van der Waals surface area contributed by atoms with Crippen LogP contribution in [0.3, 0.4) is 0 Å². The van der Waals surface area contributed by atoms with Crippen LogP contribution in [0.2, 0.25) is 20.1 Å². The average molecular weight is 699 g/mol. The van der Waals surface area contributed by atoms with Gasteiger partial charge in [0.2, 0.25) is 0 Å². The Hall–Kier alpha value is -0.770. The first kappa shape index (κ1) is 26.3. The Morgan fingerprint density at radius 2 is 1.65 bits per heavy atom. The predicted octanol–water partition coefficient (Wildman–Crippen LogP) is 9.81. The molecule has 0 radical (unpaired) electrons. The van der Waals surface area contributed by atoms with Gasteiger partial charge in [0, 0.05) is 15.6 Å². The minimum atomic E-state index is -0.238. The Balaban J connectivity index is 1.55. The Bertz CT molecular complexity index is 1340. The second-order valence-electron chi connectivity index (χ2n) is 6.95. The van der Waals surface area contributed by atoms with Crippen LogP contribution in [0.5, 0.6) is 5.75 Å². The quantitative estimate of drug-likeness (QED) is 0.196. The van der Waals surface area contributed by atoms with Gasteiger partial charge in [-0.3, -0.25) is 9.69 Å². The molecule has 34 heavy (non-hydrogen) atoms. The largest absolute Gasteiger partial charge is 0.486 e. The molecular formula is C23H11Br2Cl4NO2S2. The molecule has 0 atom stereocenters. The standard InChI is InChI=1S/C23H11Br2Cl4NO2S2/c24-15-5-11(6-16(25)21(15)32-10-12-1-2-13(26)8-18(12)28)7-20-22(31)30(23(33)34-20)14-3-4-17(27)19(29)9-14/h1-9H,10H2/b20-7-. The number of halogens is 6. The summed E-state index contributed by atoms with van der Waals surface area (Å²) in [6, 6.07) is 13.9. The SMILES string of the molecule is O=C1/C(=C/c2cc(Br)c(OCc3ccc(Cl)cc3Cl)c(Br)c2)SC(=S)N1c1ccc(Cl)c(Cl)c1. The molecule has 1 heterocycles. The van der Waals surface area contributed by atoms with Crippen LogP contribution in [-0.2, 0) is 11.4 Å². The molecule has 0 saturated carbocycles. The van der Waals surface area contributed by atoms with Crippen molar-refractivity contribution in [1.82, 2.24) is 0 Å². The van der Waals surface area contributed by atoms with Crippen molar-refractivity contribution >= 4 is 124 Å². The van der Waals surface area contributed by atoms with Gasteiger partial charge < -0.3 is 4.74 Å². The Morgan fingerprint density at radius 3 is 2.29 bits per heavy atom. The van der Waals surface area contributed by atoms with Crippen molar-refractivity contribution in [1.29, 1.82) is 0 Å². The van der Waals surface area contributed by atoms with Crippen molar-refractivity contribution in [3.63, 3.8) is 0 Å². The number of anilines is 1. The lowest BCUT2D eigenvalue weighted by atomic mass is 10.2. The number of rotatable bonds is 5. The summed E-state index contributed by atoms with van der Waals surface area (Å²) in [4.78, 5) is 15.0. The second kappa shape index (κ2) is 11.1. The van der Waals surface area contributed by atoms with E-state index in [1.54, 1.807) is 36.4 Å². The van der Waals surface area contributed by atoms with Gasteiger partial charge >= 0.3 is 0 Å². The molecule has 0 N–H and O–H groups in total. The first-order chi connectivity index (χ1) is 16.1. The molecule has 0 unspecified atom stereocenters. The van der Waals surface area contributed by atoms with Gasteiger partial charge in [0.1, 0.15) is 12.4 Å². The molecule has 1 aliphatic heterocycles. The fourth-order valence-corrected chi connectivity index (χ4v) is 6.56. The molecule has 3 aromatic rings. The van der Waals surface area contributed by atoms with Gasteiger partial charge in [-0.25, -0.2) is 0 Å². The second-order valence-corrected chi connectivity index (χ2v) is 12.0. The van der Waals surface area contributed by atoms with Gasteiger partial charge in [-0.2, -0.15) is 0 Å². The molecule has 11 heteroatoms. The van der Waals surface area contributed by atoms with Gasteiger partial charge in [-0.1, -0.05) is 76.4 Å². The molecule has 1 fully saturated rings. The van der Waals surface area contributed by atoms with E-state index in [-0.39, 0.29) is 12.5 Å². The number of hydrogen-bond donors (Lipinski definition) is 0. The summed E-state index contributed by atoms with van der Waals surface area (Å²) < 4.78 is 7.79. The van der Waals surface area contributed by atoms with Gasteiger partial charge in [0.05, 0.1) is 29.6 Å². The number of ether oxygens (including phenoxy) is 1. The Kier molecular flexibility index (Phi) is 8.58. The first-order valence-electron chi connectivity index (χ1n) is 9.43. The minimum Gasteiger partial charge on any atom is -0.486 e. The van der Waals surface area contributed by atoms with Crippen LogP contribution in [0.1, 0.15) is 11.1 Å². The minimum absolute atomic E-state index is 0.238. The van der Waals surface area contributed by atoms with Crippen molar-refractivity contribution in [3.8, 4) is 5.75 Å². The van der Waals surface area contributed by atoms with Crippen molar-refractivity contribution in [3.05, 3.63) is 93.6 Å². The smallest absolute Gasteiger partial charge is 0.270 e. The summed E-state index contributed by atoms with van der Waals surface area (Å²) in [5, 5.41) is 1.84. The van der Waals surface area contributed by atoms with E-state index in [4.69, 9.17) is 63.4 Å². The molecule has 4 rings (SSSR count). The maximum absolute atomic E-state index is 13.1. The highest BCUT2D eigenvalue weighted by Crippen LogP contribution is 2.40. The van der Waals surface area contributed by atoms with Gasteiger partial charge in [-0.05, 0) is 86.0 Å². The summed E-state index contributed by atoms with van der Waals surface area (Å²) in [6.45, 7) is 0.259. The van der Waals surface area contributed by atoms with Crippen molar-refractivity contribution in [2.45, 2.75) is 6.61 Å². The van der Waals surface area contributed by atoms with Crippen LogP contribution in [0.15, 0.2) is 62.4 Å². The summed E-state index contributed by atoms with van der Waals surface area (Å²) in [5.41, 5.74) is 2.15. The van der Waals surface area contributed by atoms with Crippen LogP contribution in [0.25, 0.3) is 6.08 Å². The molecular weight excluding hydrogens is 688 g/mol. The molecule has 3 aromatic carbocycles. The molecule has 1 aliphatic rings. The molecule has 1 amide bonds. The van der Waals surface area contributed by atoms with E-state index in [0.717, 1.165) is 11.1 Å². The fraction of sp³-hybridized carbons (Fsp3) is 0.0435. The van der Waals surface area contributed by atoms with Crippen LogP contribution in [0, 0.1) is 0 Å². The van der Waals surface area contributed by atoms with E-state index >= 15 is 0 Å². The number of thiocarbonyl (C=S) groups is 1. The third kappa shape index (κ3) is 5.79. The number of thioether (sulfide) groups is 1. The zero-order valence-electron chi connectivity index (χ0n) is 16.8.